The summed E-state index contributed by atoms with van der Waals surface area (Å²) in [6.45, 7) is 0.283. The standard InChI is InChI=1S/C15H24N2O3.ClH/c1-16(11-6-7-11)14(18)9-17-12-5-3-2-4-10(12)8-13(17)15(19)20;/h10-13H,2-9H2,1H3,(H,19,20);1H. The topological polar surface area (TPSA) is 60.9 Å². The van der Waals surface area contributed by atoms with Crippen LogP contribution in [0.3, 0.4) is 0 Å². The van der Waals surface area contributed by atoms with Gasteiger partial charge in [-0.2, -0.15) is 0 Å². The predicted octanol–water partition coefficient (Wildman–Crippen LogP) is 1.75. The van der Waals surface area contributed by atoms with Gasteiger partial charge in [0.1, 0.15) is 6.04 Å². The Kier molecular flexibility index (Phi) is 5.15. The van der Waals surface area contributed by atoms with Gasteiger partial charge in [0, 0.05) is 19.1 Å². The maximum absolute atomic E-state index is 12.3. The summed E-state index contributed by atoms with van der Waals surface area (Å²) in [5.74, 6) is -0.199. The van der Waals surface area contributed by atoms with Gasteiger partial charge in [0.05, 0.1) is 6.54 Å². The monoisotopic (exact) mass is 316 g/mol. The number of likely N-dealkylation sites (tertiary alicyclic amines) is 1. The van der Waals surface area contributed by atoms with Gasteiger partial charge in [-0.3, -0.25) is 14.5 Å². The smallest absolute Gasteiger partial charge is 0.320 e. The van der Waals surface area contributed by atoms with Crippen molar-refractivity contribution in [3.63, 3.8) is 0 Å². The van der Waals surface area contributed by atoms with Crippen molar-refractivity contribution in [2.24, 2.45) is 5.92 Å². The molecule has 3 aliphatic rings. The first-order chi connectivity index (χ1) is 9.58. The fourth-order valence-electron chi connectivity index (χ4n) is 3.96. The van der Waals surface area contributed by atoms with E-state index >= 15 is 0 Å². The normalized spacial score (nSPS) is 32.1. The minimum Gasteiger partial charge on any atom is -0.480 e. The average Bonchev–Trinajstić information content (AvgIpc) is 3.21. The first-order valence-corrected chi connectivity index (χ1v) is 7.82. The Morgan fingerprint density at radius 2 is 1.86 bits per heavy atom. The molecule has 3 unspecified atom stereocenters. The number of fused-ring (bicyclic) bond motifs is 1. The summed E-state index contributed by atoms with van der Waals surface area (Å²) in [7, 11) is 1.85. The molecular formula is C15H25ClN2O3. The summed E-state index contributed by atoms with van der Waals surface area (Å²) in [6.07, 6.45) is 7.45. The third-order valence-electron chi connectivity index (χ3n) is 5.31. The summed E-state index contributed by atoms with van der Waals surface area (Å²) in [5.41, 5.74) is 0. The van der Waals surface area contributed by atoms with Crippen LogP contribution in [0.1, 0.15) is 44.9 Å². The van der Waals surface area contributed by atoms with E-state index in [-0.39, 0.29) is 24.9 Å². The van der Waals surface area contributed by atoms with Gasteiger partial charge in [-0.05, 0) is 38.0 Å². The third-order valence-corrected chi connectivity index (χ3v) is 5.31. The van der Waals surface area contributed by atoms with Crippen LogP contribution in [0.5, 0.6) is 0 Å². The molecule has 2 aliphatic carbocycles. The Labute approximate surface area is 132 Å². The molecule has 1 aliphatic heterocycles. The highest BCUT2D eigenvalue weighted by atomic mass is 35.5. The van der Waals surface area contributed by atoms with Gasteiger partial charge in [-0.25, -0.2) is 0 Å². The molecule has 3 fully saturated rings. The number of hydrogen-bond donors (Lipinski definition) is 1. The number of aliphatic carboxylic acids is 1. The quantitative estimate of drug-likeness (QED) is 0.858. The lowest BCUT2D eigenvalue weighted by Gasteiger charge is -2.33. The Morgan fingerprint density at radius 3 is 2.48 bits per heavy atom. The van der Waals surface area contributed by atoms with Crippen molar-refractivity contribution in [3.05, 3.63) is 0 Å². The maximum Gasteiger partial charge on any atom is 0.320 e. The molecule has 1 N–H and O–H groups in total. The van der Waals surface area contributed by atoms with Crippen LogP contribution in [0.15, 0.2) is 0 Å². The molecule has 0 spiro atoms. The minimum atomic E-state index is -0.763. The fourth-order valence-corrected chi connectivity index (χ4v) is 3.96. The number of nitrogens with zero attached hydrogens (tertiary/aromatic N) is 2. The number of rotatable bonds is 4. The SMILES string of the molecule is CN(C(=O)CN1C(C(=O)O)CC2CCCCC21)C1CC1.Cl. The summed E-state index contributed by atoms with van der Waals surface area (Å²) in [4.78, 5) is 27.6. The van der Waals surface area contributed by atoms with Gasteiger partial charge in [0.2, 0.25) is 5.91 Å². The molecule has 0 aromatic carbocycles. The molecule has 1 heterocycles. The summed E-state index contributed by atoms with van der Waals surface area (Å²) >= 11 is 0. The lowest BCUT2D eigenvalue weighted by molar-refractivity contribution is -0.144. The number of amides is 1. The average molecular weight is 317 g/mol. The van der Waals surface area contributed by atoms with Crippen molar-refractivity contribution in [3.8, 4) is 0 Å². The zero-order valence-electron chi connectivity index (χ0n) is 12.5. The number of carboxylic acid groups (broad SMARTS) is 1. The molecule has 1 saturated heterocycles. The number of likely N-dealkylation sites (N-methyl/N-ethyl adjacent to an activating group) is 1. The van der Waals surface area contributed by atoms with E-state index in [1.54, 1.807) is 0 Å². The van der Waals surface area contributed by atoms with E-state index in [9.17, 15) is 14.7 Å². The van der Waals surface area contributed by atoms with Gasteiger partial charge in [0.15, 0.2) is 0 Å². The predicted molar refractivity (Wildman–Crippen MR) is 81.5 cm³/mol. The van der Waals surface area contributed by atoms with Crippen LogP contribution < -0.4 is 0 Å². The molecule has 3 rings (SSSR count). The van der Waals surface area contributed by atoms with Crippen molar-refractivity contribution >= 4 is 24.3 Å². The molecule has 0 radical (unpaired) electrons. The van der Waals surface area contributed by atoms with Gasteiger partial charge >= 0.3 is 5.97 Å². The highest BCUT2D eigenvalue weighted by molar-refractivity contribution is 5.85. The lowest BCUT2D eigenvalue weighted by Crippen LogP contribution is -2.48. The van der Waals surface area contributed by atoms with E-state index in [4.69, 9.17) is 0 Å². The highest BCUT2D eigenvalue weighted by Crippen LogP contribution is 2.39. The largest absolute Gasteiger partial charge is 0.480 e. The van der Waals surface area contributed by atoms with Crippen LogP contribution in [-0.4, -0.2) is 58.5 Å². The molecular weight excluding hydrogens is 292 g/mol. The highest BCUT2D eigenvalue weighted by Gasteiger charge is 2.46. The molecule has 6 heteroatoms. The van der Waals surface area contributed by atoms with Gasteiger partial charge < -0.3 is 10.0 Å². The Morgan fingerprint density at radius 1 is 1.19 bits per heavy atom. The zero-order chi connectivity index (χ0) is 14.3. The number of halogens is 1. The van der Waals surface area contributed by atoms with E-state index in [0.29, 0.717) is 18.0 Å². The number of carboxylic acids is 1. The van der Waals surface area contributed by atoms with E-state index in [0.717, 1.165) is 38.5 Å². The second-order valence-corrected chi connectivity index (χ2v) is 6.61. The zero-order valence-corrected chi connectivity index (χ0v) is 13.3. The van der Waals surface area contributed by atoms with Gasteiger partial charge in [-0.1, -0.05) is 12.8 Å². The Hall–Kier alpha value is -0.810. The van der Waals surface area contributed by atoms with Crippen LogP contribution in [0.2, 0.25) is 0 Å². The first-order valence-electron chi connectivity index (χ1n) is 7.82. The molecule has 2 saturated carbocycles. The number of carbonyl (C=O) groups is 2. The summed E-state index contributed by atoms with van der Waals surface area (Å²) < 4.78 is 0. The number of carbonyl (C=O) groups excluding carboxylic acids is 1. The molecule has 0 aromatic heterocycles. The van der Waals surface area contributed by atoms with Crippen LogP contribution in [-0.2, 0) is 9.59 Å². The van der Waals surface area contributed by atoms with Crippen molar-refractivity contribution in [2.75, 3.05) is 13.6 Å². The Balaban J connectivity index is 0.00000161. The minimum absolute atomic E-state index is 0. The maximum atomic E-state index is 12.3. The molecule has 120 valence electrons. The van der Waals surface area contributed by atoms with E-state index < -0.39 is 12.0 Å². The molecule has 0 bridgehead atoms. The fraction of sp³-hybridized carbons (Fsp3) is 0.867. The van der Waals surface area contributed by atoms with Crippen molar-refractivity contribution in [1.82, 2.24) is 9.80 Å². The van der Waals surface area contributed by atoms with Gasteiger partial charge in [0.25, 0.3) is 0 Å². The second-order valence-electron chi connectivity index (χ2n) is 6.61. The molecule has 3 atom stereocenters. The molecule has 0 aromatic rings. The van der Waals surface area contributed by atoms with Crippen LogP contribution in [0.25, 0.3) is 0 Å². The molecule has 21 heavy (non-hydrogen) atoms. The van der Waals surface area contributed by atoms with Crippen molar-refractivity contribution in [2.45, 2.75) is 63.1 Å². The van der Waals surface area contributed by atoms with E-state index in [1.165, 1.54) is 6.42 Å². The lowest BCUT2D eigenvalue weighted by atomic mass is 9.85. The third kappa shape index (κ3) is 3.34. The number of hydrogen-bond acceptors (Lipinski definition) is 3. The van der Waals surface area contributed by atoms with Crippen molar-refractivity contribution in [1.29, 1.82) is 0 Å². The summed E-state index contributed by atoms with van der Waals surface area (Å²) in [6, 6.07) is 0.247. The van der Waals surface area contributed by atoms with Crippen LogP contribution in [0.4, 0.5) is 0 Å². The molecule has 1 amide bonds. The van der Waals surface area contributed by atoms with E-state index in [2.05, 4.69) is 0 Å². The van der Waals surface area contributed by atoms with Crippen molar-refractivity contribution < 1.29 is 14.7 Å². The van der Waals surface area contributed by atoms with E-state index in [1.807, 2.05) is 16.8 Å². The van der Waals surface area contributed by atoms with Gasteiger partial charge in [-0.15, -0.1) is 12.4 Å². The van der Waals surface area contributed by atoms with Crippen LogP contribution in [0, 0.1) is 5.92 Å². The second kappa shape index (κ2) is 6.53. The Bertz CT molecular complexity index is 414. The molecule has 5 nitrogen and oxygen atoms in total. The van der Waals surface area contributed by atoms with Crippen LogP contribution >= 0.6 is 12.4 Å². The summed E-state index contributed by atoms with van der Waals surface area (Å²) in [5, 5.41) is 9.44. The first kappa shape index (κ1) is 16.6.